The van der Waals surface area contributed by atoms with Crippen LogP contribution in [0.1, 0.15) is 17.0 Å². The van der Waals surface area contributed by atoms with Gasteiger partial charge in [-0.05, 0) is 34.4 Å². The Labute approximate surface area is 122 Å². The Morgan fingerprint density at radius 3 is 2.48 bits per heavy atom. The van der Waals surface area contributed by atoms with Crippen molar-refractivity contribution in [1.29, 1.82) is 0 Å². The van der Waals surface area contributed by atoms with E-state index in [-0.39, 0.29) is 17.4 Å². The summed E-state index contributed by atoms with van der Waals surface area (Å²) < 4.78 is 36.9. The Kier molecular flexibility index (Phi) is 3.54. The standard InChI is InChI=1S/C15H14O5S/c16-9-20-8-15-12-4-2-1-3-11(12)13-6-5-10(7-14(13)15)21(17,18)19/h1-7,15-16H,8-9H2,(H,17,18,19). The quantitative estimate of drug-likeness (QED) is 0.667. The summed E-state index contributed by atoms with van der Waals surface area (Å²) in [6.45, 7) is -0.151. The molecule has 2 N–H and O–H groups in total. The average molecular weight is 306 g/mol. The minimum Gasteiger partial charge on any atom is -0.371 e. The van der Waals surface area contributed by atoms with Crippen molar-refractivity contribution in [2.24, 2.45) is 0 Å². The van der Waals surface area contributed by atoms with Gasteiger partial charge < -0.3 is 9.84 Å². The maximum atomic E-state index is 11.3. The lowest BCUT2D eigenvalue weighted by atomic mass is 9.98. The summed E-state index contributed by atoms with van der Waals surface area (Å²) in [6, 6.07) is 12.3. The molecule has 6 heteroatoms. The molecule has 3 rings (SSSR count). The van der Waals surface area contributed by atoms with Gasteiger partial charge >= 0.3 is 0 Å². The minimum absolute atomic E-state index is 0.136. The third kappa shape index (κ3) is 2.47. The molecule has 5 nitrogen and oxygen atoms in total. The summed E-state index contributed by atoms with van der Waals surface area (Å²) in [5.74, 6) is -0.162. The van der Waals surface area contributed by atoms with Crippen LogP contribution in [-0.2, 0) is 14.9 Å². The van der Waals surface area contributed by atoms with Crippen LogP contribution in [0.5, 0.6) is 0 Å². The lowest BCUT2D eigenvalue weighted by Gasteiger charge is -2.13. The van der Waals surface area contributed by atoms with Crippen LogP contribution in [0.15, 0.2) is 47.4 Å². The van der Waals surface area contributed by atoms with Crippen LogP contribution >= 0.6 is 0 Å². The van der Waals surface area contributed by atoms with E-state index < -0.39 is 16.9 Å². The van der Waals surface area contributed by atoms with Gasteiger partial charge in [-0.1, -0.05) is 30.3 Å². The molecular formula is C15H14O5S. The molecule has 1 atom stereocenters. The fourth-order valence-corrected chi connectivity index (χ4v) is 3.31. The average Bonchev–Trinajstić information content (AvgIpc) is 2.77. The van der Waals surface area contributed by atoms with E-state index >= 15 is 0 Å². The molecule has 0 spiro atoms. The zero-order valence-corrected chi connectivity index (χ0v) is 11.9. The molecule has 0 bridgehead atoms. The van der Waals surface area contributed by atoms with Gasteiger partial charge in [0.2, 0.25) is 0 Å². The molecule has 0 aromatic heterocycles. The van der Waals surface area contributed by atoms with E-state index in [0.29, 0.717) is 0 Å². The van der Waals surface area contributed by atoms with Crippen LogP contribution in [0.2, 0.25) is 0 Å². The van der Waals surface area contributed by atoms with Gasteiger partial charge in [0.25, 0.3) is 10.1 Å². The normalized spacial score (nSPS) is 16.6. The van der Waals surface area contributed by atoms with Crippen molar-refractivity contribution >= 4 is 10.1 Å². The number of ether oxygens (including phenoxy) is 1. The van der Waals surface area contributed by atoms with Gasteiger partial charge in [0.1, 0.15) is 6.79 Å². The second-order valence-electron chi connectivity index (χ2n) is 4.86. The fourth-order valence-electron chi connectivity index (χ4n) is 2.80. The van der Waals surface area contributed by atoms with Crippen LogP contribution in [0, 0.1) is 0 Å². The summed E-state index contributed by atoms with van der Waals surface area (Å²) in [6.07, 6.45) is 0. The second-order valence-corrected chi connectivity index (χ2v) is 6.29. The number of benzene rings is 2. The molecule has 0 aliphatic heterocycles. The highest BCUT2D eigenvalue weighted by Crippen LogP contribution is 2.45. The molecule has 0 saturated heterocycles. The molecule has 1 aliphatic carbocycles. The summed E-state index contributed by atoms with van der Waals surface area (Å²) in [5, 5.41) is 8.85. The maximum absolute atomic E-state index is 11.3. The molecule has 0 radical (unpaired) electrons. The van der Waals surface area contributed by atoms with Crippen LogP contribution in [0.4, 0.5) is 0 Å². The number of fused-ring (bicyclic) bond motifs is 3. The van der Waals surface area contributed by atoms with Crippen LogP contribution in [0.3, 0.4) is 0 Å². The monoisotopic (exact) mass is 306 g/mol. The minimum atomic E-state index is -4.25. The second kappa shape index (κ2) is 5.23. The molecule has 1 aliphatic rings. The Bertz CT molecular complexity index is 782. The van der Waals surface area contributed by atoms with E-state index in [1.807, 2.05) is 24.3 Å². The number of hydrogen-bond donors (Lipinski definition) is 2. The first kappa shape index (κ1) is 14.2. The Balaban J connectivity index is 2.16. The first-order valence-electron chi connectivity index (χ1n) is 6.41. The molecular weight excluding hydrogens is 292 g/mol. The smallest absolute Gasteiger partial charge is 0.294 e. The molecule has 0 amide bonds. The van der Waals surface area contributed by atoms with Gasteiger partial charge in [-0.15, -0.1) is 0 Å². The Morgan fingerprint density at radius 2 is 1.76 bits per heavy atom. The van der Waals surface area contributed by atoms with Gasteiger partial charge in [-0.25, -0.2) is 0 Å². The summed E-state index contributed by atoms with van der Waals surface area (Å²) in [5.41, 5.74) is 3.73. The third-order valence-electron chi connectivity index (χ3n) is 3.70. The number of aliphatic hydroxyl groups is 1. The van der Waals surface area contributed by atoms with E-state index in [1.54, 1.807) is 6.07 Å². The lowest BCUT2D eigenvalue weighted by Crippen LogP contribution is -2.08. The Hall–Kier alpha value is -1.73. The molecule has 0 saturated carbocycles. The van der Waals surface area contributed by atoms with E-state index in [0.717, 1.165) is 22.3 Å². The van der Waals surface area contributed by atoms with Crippen molar-refractivity contribution in [3.63, 3.8) is 0 Å². The van der Waals surface area contributed by atoms with Crippen molar-refractivity contribution in [3.05, 3.63) is 53.6 Å². The molecule has 1 unspecified atom stereocenters. The van der Waals surface area contributed by atoms with Gasteiger partial charge in [-0.2, -0.15) is 8.42 Å². The summed E-state index contributed by atoms with van der Waals surface area (Å²) in [4.78, 5) is -0.136. The highest BCUT2D eigenvalue weighted by atomic mass is 32.2. The van der Waals surface area contributed by atoms with Crippen molar-refractivity contribution in [3.8, 4) is 11.1 Å². The van der Waals surface area contributed by atoms with Crippen molar-refractivity contribution in [2.75, 3.05) is 13.4 Å². The zero-order chi connectivity index (χ0) is 15.0. The largest absolute Gasteiger partial charge is 0.371 e. The third-order valence-corrected chi connectivity index (χ3v) is 4.55. The van der Waals surface area contributed by atoms with E-state index in [2.05, 4.69) is 0 Å². The van der Waals surface area contributed by atoms with Crippen molar-refractivity contribution in [2.45, 2.75) is 10.8 Å². The highest BCUT2D eigenvalue weighted by Gasteiger charge is 2.29. The SMILES string of the molecule is O=S(=O)(O)c1ccc2c(c1)C(COCO)c1ccccc1-2. The predicted molar refractivity (Wildman–Crippen MR) is 76.6 cm³/mol. The van der Waals surface area contributed by atoms with E-state index in [1.165, 1.54) is 12.1 Å². The number of aliphatic hydroxyl groups excluding tert-OH is 1. The maximum Gasteiger partial charge on any atom is 0.294 e. The topological polar surface area (TPSA) is 83.8 Å². The number of rotatable bonds is 4. The van der Waals surface area contributed by atoms with Crippen LogP contribution in [-0.4, -0.2) is 31.5 Å². The summed E-state index contributed by atoms with van der Waals surface area (Å²) >= 11 is 0. The Morgan fingerprint density at radius 1 is 1.05 bits per heavy atom. The van der Waals surface area contributed by atoms with Gasteiger partial charge in [0, 0.05) is 5.92 Å². The van der Waals surface area contributed by atoms with Crippen molar-refractivity contribution < 1.29 is 22.8 Å². The van der Waals surface area contributed by atoms with Gasteiger partial charge in [0.05, 0.1) is 11.5 Å². The highest BCUT2D eigenvalue weighted by molar-refractivity contribution is 7.85. The molecule has 2 aromatic carbocycles. The molecule has 2 aromatic rings. The zero-order valence-electron chi connectivity index (χ0n) is 11.1. The van der Waals surface area contributed by atoms with E-state index in [9.17, 15) is 13.0 Å². The van der Waals surface area contributed by atoms with Crippen LogP contribution in [0.25, 0.3) is 11.1 Å². The molecule has 110 valence electrons. The van der Waals surface area contributed by atoms with Crippen LogP contribution < -0.4 is 0 Å². The van der Waals surface area contributed by atoms with Gasteiger partial charge in [-0.3, -0.25) is 4.55 Å². The molecule has 0 heterocycles. The molecule has 0 fully saturated rings. The molecule has 21 heavy (non-hydrogen) atoms. The predicted octanol–water partition coefficient (Wildman–Crippen LogP) is 2.01. The first-order valence-corrected chi connectivity index (χ1v) is 7.85. The summed E-state index contributed by atoms with van der Waals surface area (Å²) in [7, 11) is -4.25. The fraction of sp³-hybridized carbons (Fsp3) is 0.200. The lowest BCUT2D eigenvalue weighted by molar-refractivity contribution is -0.00410. The van der Waals surface area contributed by atoms with Gasteiger partial charge in [0.15, 0.2) is 0 Å². The van der Waals surface area contributed by atoms with E-state index in [4.69, 9.17) is 9.84 Å². The van der Waals surface area contributed by atoms with Crippen molar-refractivity contribution in [1.82, 2.24) is 0 Å². The number of hydrogen-bond acceptors (Lipinski definition) is 4. The first-order chi connectivity index (χ1) is 10.0.